The summed E-state index contributed by atoms with van der Waals surface area (Å²) in [6.07, 6.45) is 0. The Labute approximate surface area is 115 Å². The molecule has 0 spiro atoms. The number of aryl methyl sites for hydroxylation is 1. The quantitative estimate of drug-likeness (QED) is 0.755. The number of ether oxygens (including phenoxy) is 1. The van der Waals surface area contributed by atoms with Crippen LogP contribution in [0.1, 0.15) is 22.8 Å². The van der Waals surface area contributed by atoms with Crippen LogP contribution in [0.3, 0.4) is 0 Å². The average Bonchev–Trinajstić information content (AvgIpc) is 2.36. The Morgan fingerprint density at radius 2 is 1.95 bits per heavy atom. The van der Waals surface area contributed by atoms with Gasteiger partial charge in [0, 0.05) is 10.6 Å². The van der Waals surface area contributed by atoms with Crippen LogP contribution in [0.2, 0.25) is 5.02 Å². The summed E-state index contributed by atoms with van der Waals surface area (Å²) in [4.78, 5) is 11.1. The van der Waals surface area contributed by atoms with Crippen molar-refractivity contribution in [2.24, 2.45) is 0 Å². The van der Waals surface area contributed by atoms with Gasteiger partial charge in [-0.2, -0.15) is 0 Å². The lowest BCUT2D eigenvalue weighted by Gasteiger charge is -2.08. The Kier molecular flexibility index (Phi) is 3.86. The monoisotopic (exact) mass is 278 g/mol. The molecular formula is C15H12ClFO2. The number of benzene rings is 2. The third-order valence-corrected chi connectivity index (χ3v) is 3.12. The molecule has 0 saturated heterocycles. The van der Waals surface area contributed by atoms with Gasteiger partial charge >= 0.3 is 0 Å². The normalized spacial score (nSPS) is 10.3. The van der Waals surface area contributed by atoms with Crippen molar-refractivity contribution >= 4 is 17.4 Å². The summed E-state index contributed by atoms with van der Waals surface area (Å²) in [6, 6.07) is 9.21. The highest BCUT2D eigenvalue weighted by Crippen LogP contribution is 2.28. The van der Waals surface area contributed by atoms with Gasteiger partial charge in [-0.15, -0.1) is 0 Å². The summed E-state index contributed by atoms with van der Waals surface area (Å²) in [6.45, 7) is 3.22. The summed E-state index contributed by atoms with van der Waals surface area (Å²) in [7, 11) is 0. The number of carbonyl (C=O) groups excluding carboxylic acids is 1. The van der Waals surface area contributed by atoms with Crippen molar-refractivity contribution in [1.29, 1.82) is 0 Å². The molecule has 0 saturated carbocycles. The largest absolute Gasteiger partial charge is 0.454 e. The minimum atomic E-state index is -0.569. The van der Waals surface area contributed by atoms with E-state index in [1.165, 1.54) is 25.1 Å². The smallest absolute Gasteiger partial charge is 0.166 e. The number of carbonyl (C=O) groups is 1. The molecule has 2 nitrogen and oxygen atoms in total. The van der Waals surface area contributed by atoms with Gasteiger partial charge in [0.2, 0.25) is 0 Å². The number of hydrogen-bond acceptors (Lipinski definition) is 2. The van der Waals surface area contributed by atoms with Gasteiger partial charge in [0.25, 0.3) is 0 Å². The number of halogens is 2. The Morgan fingerprint density at radius 1 is 1.21 bits per heavy atom. The molecule has 0 radical (unpaired) electrons. The van der Waals surface area contributed by atoms with Crippen molar-refractivity contribution in [2.75, 3.05) is 0 Å². The van der Waals surface area contributed by atoms with Gasteiger partial charge in [0.05, 0.1) is 0 Å². The van der Waals surface area contributed by atoms with Crippen molar-refractivity contribution in [2.45, 2.75) is 13.8 Å². The van der Waals surface area contributed by atoms with Gasteiger partial charge in [-0.1, -0.05) is 11.6 Å². The first kappa shape index (κ1) is 13.6. The predicted molar refractivity (Wildman–Crippen MR) is 72.7 cm³/mol. The van der Waals surface area contributed by atoms with Gasteiger partial charge in [0.1, 0.15) is 5.75 Å². The molecule has 0 aliphatic carbocycles. The molecule has 0 aliphatic rings. The van der Waals surface area contributed by atoms with Crippen molar-refractivity contribution in [3.8, 4) is 11.5 Å². The Morgan fingerprint density at radius 3 is 2.53 bits per heavy atom. The first-order chi connectivity index (χ1) is 8.97. The predicted octanol–water partition coefficient (Wildman–Crippen LogP) is 4.78. The third kappa shape index (κ3) is 3.12. The fourth-order valence-electron chi connectivity index (χ4n) is 1.61. The molecule has 19 heavy (non-hydrogen) atoms. The van der Waals surface area contributed by atoms with Crippen LogP contribution in [0, 0.1) is 12.7 Å². The van der Waals surface area contributed by atoms with E-state index >= 15 is 0 Å². The van der Waals surface area contributed by atoms with Crippen LogP contribution in [0.25, 0.3) is 0 Å². The molecule has 0 aliphatic heterocycles. The fraction of sp³-hybridized carbons (Fsp3) is 0.133. The molecule has 0 bridgehead atoms. The Bertz CT molecular complexity index is 638. The van der Waals surface area contributed by atoms with E-state index in [4.69, 9.17) is 16.3 Å². The summed E-state index contributed by atoms with van der Waals surface area (Å²) < 4.78 is 19.2. The second-order valence-electron chi connectivity index (χ2n) is 4.21. The molecule has 98 valence electrons. The summed E-state index contributed by atoms with van der Waals surface area (Å²) in [5.74, 6) is -0.184. The number of rotatable bonds is 3. The van der Waals surface area contributed by atoms with E-state index in [0.29, 0.717) is 16.3 Å². The van der Waals surface area contributed by atoms with Crippen LogP contribution in [-0.4, -0.2) is 5.78 Å². The summed E-state index contributed by atoms with van der Waals surface area (Å²) in [5, 5.41) is 0.625. The van der Waals surface area contributed by atoms with Crippen molar-refractivity contribution in [1.82, 2.24) is 0 Å². The second kappa shape index (κ2) is 5.41. The molecule has 2 rings (SSSR count). The van der Waals surface area contributed by atoms with Gasteiger partial charge < -0.3 is 4.74 Å². The first-order valence-corrected chi connectivity index (χ1v) is 6.09. The van der Waals surface area contributed by atoms with Crippen LogP contribution in [0.5, 0.6) is 11.5 Å². The maximum absolute atomic E-state index is 13.8. The van der Waals surface area contributed by atoms with E-state index in [0.717, 1.165) is 5.56 Å². The molecule has 0 fully saturated rings. The molecule has 0 N–H and O–H groups in total. The summed E-state index contributed by atoms with van der Waals surface area (Å²) in [5.41, 5.74) is 1.16. The lowest BCUT2D eigenvalue weighted by atomic mass is 10.1. The van der Waals surface area contributed by atoms with E-state index in [9.17, 15) is 9.18 Å². The van der Waals surface area contributed by atoms with Crippen LogP contribution < -0.4 is 4.74 Å². The highest BCUT2D eigenvalue weighted by Gasteiger charge is 2.09. The van der Waals surface area contributed by atoms with Crippen molar-refractivity contribution in [3.05, 3.63) is 58.4 Å². The Hall–Kier alpha value is -1.87. The van der Waals surface area contributed by atoms with Crippen molar-refractivity contribution in [3.63, 3.8) is 0 Å². The minimum Gasteiger partial charge on any atom is -0.454 e. The topological polar surface area (TPSA) is 26.3 Å². The molecule has 0 amide bonds. The van der Waals surface area contributed by atoms with Gasteiger partial charge in [-0.3, -0.25) is 4.79 Å². The highest BCUT2D eigenvalue weighted by atomic mass is 35.5. The van der Waals surface area contributed by atoms with Crippen molar-refractivity contribution < 1.29 is 13.9 Å². The zero-order valence-electron chi connectivity index (χ0n) is 10.5. The zero-order chi connectivity index (χ0) is 14.0. The van der Waals surface area contributed by atoms with E-state index in [-0.39, 0.29) is 11.5 Å². The minimum absolute atomic E-state index is 0.0757. The molecule has 2 aromatic carbocycles. The molecule has 0 heterocycles. The number of Topliss-reactive ketones (excluding diaryl/α,β-unsaturated/α-hetero) is 1. The van der Waals surface area contributed by atoms with E-state index in [1.807, 2.05) is 6.92 Å². The van der Waals surface area contributed by atoms with E-state index in [1.54, 1.807) is 18.2 Å². The van der Waals surface area contributed by atoms with E-state index in [2.05, 4.69) is 0 Å². The standard InChI is InChI=1S/C15H12ClFO2/c1-9-7-12(4-5-13(9)16)19-15-6-3-11(10(2)18)8-14(15)17/h3-8H,1-2H3. The number of ketones is 1. The van der Waals surface area contributed by atoms with Gasteiger partial charge in [0.15, 0.2) is 17.3 Å². The molecular weight excluding hydrogens is 267 g/mol. The molecule has 0 unspecified atom stereocenters. The van der Waals surface area contributed by atoms with Gasteiger partial charge in [-0.25, -0.2) is 4.39 Å². The summed E-state index contributed by atoms with van der Waals surface area (Å²) >= 11 is 5.90. The molecule has 2 aromatic rings. The van der Waals surface area contributed by atoms with Crippen LogP contribution in [0.15, 0.2) is 36.4 Å². The van der Waals surface area contributed by atoms with Gasteiger partial charge in [-0.05, 0) is 55.8 Å². The molecule has 0 aromatic heterocycles. The van der Waals surface area contributed by atoms with E-state index < -0.39 is 5.82 Å². The lowest BCUT2D eigenvalue weighted by molar-refractivity contribution is 0.101. The fourth-order valence-corrected chi connectivity index (χ4v) is 1.73. The number of hydrogen-bond donors (Lipinski definition) is 0. The maximum atomic E-state index is 13.8. The third-order valence-electron chi connectivity index (χ3n) is 2.70. The first-order valence-electron chi connectivity index (χ1n) is 5.72. The lowest BCUT2D eigenvalue weighted by Crippen LogP contribution is -1.95. The highest BCUT2D eigenvalue weighted by molar-refractivity contribution is 6.31. The maximum Gasteiger partial charge on any atom is 0.166 e. The second-order valence-corrected chi connectivity index (χ2v) is 4.62. The van der Waals surface area contributed by atoms with Crippen LogP contribution in [-0.2, 0) is 0 Å². The average molecular weight is 279 g/mol. The van der Waals surface area contributed by atoms with Crippen LogP contribution in [0.4, 0.5) is 4.39 Å². The zero-order valence-corrected chi connectivity index (χ0v) is 11.3. The SMILES string of the molecule is CC(=O)c1ccc(Oc2ccc(Cl)c(C)c2)c(F)c1. The van der Waals surface area contributed by atoms with Crippen LogP contribution >= 0.6 is 11.6 Å². The Balaban J connectivity index is 2.28. The molecule has 4 heteroatoms. The molecule has 0 atom stereocenters.